The summed E-state index contributed by atoms with van der Waals surface area (Å²) in [6.07, 6.45) is -2.90. The Morgan fingerprint density at radius 2 is 1.97 bits per heavy atom. The van der Waals surface area contributed by atoms with E-state index in [4.69, 9.17) is 11.6 Å². The van der Waals surface area contributed by atoms with E-state index in [-0.39, 0.29) is 47.4 Å². The number of hydrogen-bond donors (Lipinski definition) is 2. The van der Waals surface area contributed by atoms with Crippen LogP contribution in [0.25, 0.3) is 0 Å². The summed E-state index contributed by atoms with van der Waals surface area (Å²) < 4.78 is 67.6. The van der Waals surface area contributed by atoms with Gasteiger partial charge in [0.15, 0.2) is 0 Å². The minimum absolute atomic E-state index is 0.0303. The van der Waals surface area contributed by atoms with Gasteiger partial charge in [-0.2, -0.15) is 13.2 Å². The number of halogens is 6. The minimum atomic E-state index is -4.72. The average molecular weight is 552 g/mol. The number of nitrogens with zero attached hydrogens (tertiary/aromatic N) is 3. The number of nitrogens with one attached hydrogen (secondary N) is 2. The number of fused-ring (bicyclic) bond motifs is 1. The Morgan fingerprint density at radius 1 is 1.16 bits per heavy atom. The lowest BCUT2D eigenvalue weighted by Gasteiger charge is -2.30. The number of carbonyl (C=O) groups excluding carboxylic acids is 1. The number of hydrogen-bond acceptors (Lipinski definition) is 4. The van der Waals surface area contributed by atoms with E-state index >= 15 is 0 Å². The fraction of sp³-hybridized carbons (Fsp3) is 0.346. The van der Waals surface area contributed by atoms with Gasteiger partial charge in [0.05, 0.1) is 28.9 Å². The standard InChI is InChI=1S/C26H23ClF5N5O/c27-20-4-2-14(7-21(20)29)18-11-33-12-22(18)36-25(38)37-6-5-16-10-34-24(35-23(16)13-37)8-15-1-3-17(28)9-19(15)26(30,31)32/h1-4,7,9-10,18,22,33H,5-6,8,11-13H2,(H,36,38)/t18-,22+/m0/s1. The molecule has 0 radical (unpaired) electrons. The zero-order chi connectivity index (χ0) is 27.0. The maximum atomic E-state index is 14.0. The van der Waals surface area contributed by atoms with E-state index in [1.165, 1.54) is 12.1 Å². The van der Waals surface area contributed by atoms with Crippen molar-refractivity contribution in [3.63, 3.8) is 0 Å². The molecule has 1 aromatic heterocycles. The Morgan fingerprint density at radius 3 is 2.74 bits per heavy atom. The maximum absolute atomic E-state index is 14.0. The Hall–Kier alpha value is -3.31. The highest BCUT2D eigenvalue weighted by atomic mass is 35.5. The van der Waals surface area contributed by atoms with E-state index in [0.29, 0.717) is 37.8 Å². The van der Waals surface area contributed by atoms with Gasteiger partial charge in [-0.15, -0.1) is 0 Å². The number of alkyl halides is 3. The first-order chi connectivity index (χ1) is 18.1. The Labute approximate surface area is 220 Å². The molecule has 3 aromatic rings. The van der Waals surface area contributed by atoms with Crippen LogP contribution in [0.15, 0.2) is 42.6 Å². The van der Waals surface area contributed by atoms with Crippen LogP contribution >= 0.6 is 11.6 Å². The van der Waals surface area contributed by atoms with Crippen molar-refractivity contribution in [3.05, 3.63) is 93.0 Å². The highest BCUT2D eigenvalue weighted by Crippen LogP contribution is 2.33. The van der Waals surface area contributed by atoms with E-state index in [0.717, 1.165) is 23.3 Å². The number of rotatable bonds is 4. The average Bonchev–Trinajstić information content (AvgIpc) is 3.33. The third kappa shape index (κ3) is 5.58. The predicted octanol–water partition coefficient (Wildman–Crippen LogP) is 4.84. The van der Waals surface area contributed by atoms with E-state index in [9.17, 15) is 26.7 Å². The van der Waals surface area contributed by atoms with Gasteiger partial charge in [0, 0.05) is 38.2 Å². The van der Waals surface area contributed by atoms with Gasteiger partial charge < -0.3 is 15.5 Å². The second kappa shape index (κ2) is 10.5. The molecule has 2 aliphatic heterocycles. The van der Waals surface area contributed by atoms with Crippen LogP contribution in [-0.2, 0) is 25.6 Å². The third-order valence-electron chi connectivity index (χ3n) is 6.90. The molecule has 0 unspecified atom stereocenters. The number of benzene rings is 2. The molecule has 2 atom stereocenters. The first-order valence-electron chi connectivity index (χ1n) is 12.0. The van der Waals surface area contributed by atoms with Gasteiger partial charge in [-0.3, -0.25) is 0 Å². The van der Waals surface area contributed by atoms with Crippen LogP contribution in [0.1, 0.15) is 39.7 Å². The van der Waals surface area contributed by atoms with Crippen molar-refractivity contribution < 1.29 is 26.7 Å². The van der Waals surface area contributed by atoms with E-state index < -0.39 is 23.4 Å². The van der Waals surface area contributed by atoms with Crippen molar-refractivity contribution in [1.29, 1.82) is 0 Å². The van der Waals surface area contributed by atoms with Gasteiger partial charge in [0.1, 0.15) is 17.5 Å². The van der Waals surface area contributed by atoms with Crippen molar-refractivity contribution >= 4 is 17.6 Å². The van der Waals surface area contributed by atoms with Crippen LogP contribution in [0, 0.1) is 11.6 Å². The van der Waals surface area contributed by atoms with Crippen LogP contribution in [0.2, 0.25) is 5.02 Å². The summed E-state index contributed by atoms with van der Waals surface area (Å²) in [5, 5.41) is 6.26. The highest BCUT2D eigenvalue weighted by molar-refractivity contribution is 6.30. The molecule has 0 spiro atoms. The molecule has 2 aromatic carbocycles. The predicted molar refractivity (Wildman–Crippen MR) is 130 cm³/mol. The van der Waals surface area contributed by atoms with E-state index in [1.54, 1.807) is 17.2 Å². The fourth-order valence-electron chi connectivity index (χ4n) is 4.91. The largest absolute Gasteiger partial charge is 0.416 e. The lowest BCUT2D eigenvalue weighted by atomic mass is 9.94. The molecule has 2 N–H and O–H groups in total. The number of aromatic nitrogens is 2. The first-order valence-corrected chi connectivity index (χ1v) is 12.4. The van der Waals surface area contributed by atoms with Crippen molar-refractivity contribution in [1.82, 2.24) is 25.5 Å². The molecule has 38 heavy (non-hydrogen) atoms. The minimum Gasteiger partial charge on any atom is -0.333 e. The molecule has 2 aliphatic rings. The lowest BCUT2D eigenvalue weighted by molar-refractivity contribution is -0.138. The van der Waals surface area contributed by atoms with Crippen LogP contribution in [0.5, 0.6) is 0 Å². The molecule has 5 rings (SSSR count). The molecule has 3 heterocycles. The molecule has 12 heteroatoms. The summed E-state index contributed by atoms with van der Waals surface area (Å²) in [4.78, 5) is 23.3. The normalized spacial score (nSPS) is 19.4. The number of urea groups is 1. The van der Waals surface area contributed by atoms with Crippen LogP contribution in [0.3, 0.4) is 0 Å². The molecule has 2 amide bonds. The smallest absolute Gasteiger partial charge is 0.333 e. The fourth-order valence-corrected chi connectivity index (χ4v) is 5.03. The summed E-state index contributed by atoms with van der Waals surface area (Å²) >= 11 is 5.80. The number of carbonyl (C=O) groups is 1. The monoisotopic (exact) mass is 551 g/mol. The molecule has 200 valence electrons. The second-order valence-corrected chi connectivity index (χ2v) is 9.81. The lowest BCUT2D eigenvalue weighted by Crippen LogP contribution is -2.48. The molecule has 1 fully saturated rings. The SMILES string of the molecule is O=C(N[C@@H]1CNC[C@H]1c1ccc(Cl)c(F)c1)N1CCc2cnc(Cc3ccc(F)cc3C(F)(F)F)nc2C1. The zero-order valence-corrected chi connectivity index (χ0v) is 20.7. The topological polar surface area (TPSA) is 70.2 Å². The summed E-state index contributed by atoms with van der Waals surface area (Å²) in [6.45, 7) is 1.65. The summed E-state index contributed by atoms with van der Waals surface area (Å²) in [5.41, 5.74) is 0.878. The van der Waals surface area contributed by atoms with Crippen LogP contribution in [-0.4, -0.2) is 46.6 Å². The van der Waals surface area contributed by atoms with Crippen molar-refractivity contribution in [2.45, 2.75) is 37.5 Å². The summed E-state index contributed by atoms with van der Waals surface area (Å²) in [6, 6.07) is 6.53. The maximum Gasteiger partial charge on any atom is 0.416 e. The Balaban J connectivity index is 1.28. The van der Waals surface area contributed by atoms with E-state index in [1.807, 2.05) is 0 Å². The van der Waals surface area contributed by atoms with Gasteiger partial charge in [-0.25, -0.2) is 23.5 Å². The molecule has 0 aliphatic carbocycles. The van der Waals surface area contributed by atoms with Crippen molar-refractivity contribution in [2.75, 3.05) is 19.6 Å². The van der Waals surface area contributed by atoms with Crippen molar-refractivity contribution in [3.8, 4) is 0 Å². The second-order valence-electron chi connectivity index (χ2n) is 9.40. The number of amides is 2. The van der Waals surface area contributed by atoms with Gasteiger partial charge in [-0.1, -0.05) is 23.7 Å². The van der Waals surface area contributed by atoms with E-state index in [2.05, 4.69) is 20.6 Å². The quantitative estimate of drug-likeness (QED) is 0.455. The van der Waals surface area contributed by atoms with Crippen molar-refractivity contribution in [2.24, 2.45) is 0 Å². The molecule has 1 saturated heterocycles. The van der Waals surface area contributed by atoms with Gasteiger partial charge in [0.2, 0.25) is 0 Å². The van der Waals surface area contributed by atoms with Gasteiger partial charge >= 0.3 is 12.2 Å². The third-order valence-corrected chi connectivity index (χ3v) is 7.21. The van der Waals surface area contributed by atoms with Gasteiger partial charge in [-0.05, 0) is 47.4 Å². The Kier molecular flexibility index (Phi) is 7.23. The molecular weight excluding hydrogens is 529 g/mol. The first kappa shape index (κ1) is 26.3. The summed E-state index contributed by atoms with van der Waals surface area (Å²) in [7, 11) is 0. The highest BCUT2D eigenvalue weighted by Gasteiger charge is 2.35. The zero-order valence-electron chi connectivity index (χ0n) is 20.0. The van der Waals surface area contributed by atoms with Crippen LogP contribution in [0.4, 0.5) is 26.7 Å². The molecule has 0 bridgehead atoms. The Bertz CT molecular complexity index is 1370. The molecular formula is C26H23ClF5N5O. The molecule has 6 nitrogen and oxygen atoms in total. The van der Waals surface area contributed by atoms with Crippen LogP contribution < -0.4 is 10.6 Å². The van der Waals surface area contributed by atoms with Gasteiger partial charge in [0.25, 0.3) is 0 Å². The molecule has 0 saturated carbocycles. The summed E-state index contributed by atoms with van der Waals surface area (Å²) in [5.74, 6) is -1.49.